The fourth-order valence-electron chi connectivity index (χ4n) is 4.95. The third-order valence-electron chi connectivity index (χ3n) is 7.37. The molecule has 1 atom stereocenters. The number of amides is 3. The minimum atomic E-state index is -1.06. The topological polar surface area (TPSA) is 147 Å². The molecular formula is C32H36N4O8. The van der Waals surface area contributed by atoms with E-state index in [-0.39, 0.29) is 12.0 Å². The van der Waals surface area contributed by atoms with Gasteiger partial charge in [-0.25, -0.2) is 4.79 Å². The molecule has 44 heavy (non-hydrogen) atoms. The molecule has 1 saturated heterocycles. The third-order valence-corrected chi connectivity index (χ3v) is 7.37. The number of nitrogens with one attached hydrogen (secondary N) is 2. The Balaban J connectivity index is 1.64. The van der Waals surface area contributed by atoms with Crippen LogP contribution >= 0.6 is 0 Å². The Morgan fingerprint density at radius 1 is 0.818 bits per heavy atom. The zero-order valence-corrected chi connectivity index (χ0v) is 25.1. The maximum Gasteiger partial charge on any atom is 0.409 e. The predicted molar refractivity (Wildman–Crippen MR) is 164 cm³/mol. The Labute approximate surface area is 255 Å². The lowest BCUT2D eigenvalue weighted by Gasteiger charge is -2.36. The molecule has 4 rings (SSSR count). The number of carbonyl (C=O) groups excluding carboxylic acids is 3. The van der Waals surface area contributed by atoms with Gasteiger partial charge in [0.05, 0.1) is 45.2 Å². The molecule has 1 unspecified atom stereocenters. The second-order valence-corrected chi connectivity index (χ2v) is 10.2. The van der Waals surface area contributed by atoms with Gasteiger partial charge in [0.15, 0.2) is 11.5 Å². The van der Waals surface area contributed by atoms with Crippen molar-refractivity contribution in [2.75, 3.05) is 57.7 Å². The molecule has 0 radical (unpaired) electrons. The second-order valence-electron chi connectivity index (χ2n) is 10.2. The van der Waals surface area contributed by atoms with Crippen molar-refractivity contribution < 1.29 is 38.5 Å². The van der Waals surface area contributed by atoms with Gasteiger partial charge in [-0.1, -0.05) is 29.8 Å². The van der Waals surface area contributed by atoms with Gasteiger partial charge in [-0.2, -0.15) is 0 Å². The smallest absolute Gasteiger partial charge is 0.409 e. The van der Waals surface area contributed by atoms with E-state index in [0.29, 0.717) is 60.2 Å². The van der Waals surface area contributed by atoms with Crippen LogP contribution in [0, 0.1) is 6.92 Å². The molecule has 1 aliphatic rings. The van der Waals surface area contributed by atoms with Crippen LogP contribution in [0.2, 0.25) is 0 Å². The van der Waals surface area contributed by atoms with Gasteiger partial charge in [0.25, 0.3) is 11.8 Å². The van der Waals surface area contributed by atoms with Crippen molar-refractivity contribution in [3.05, 3.63) is 82.9 Å². The molecule has 0 saturated carbocycles. The summed E-state index contributed by atoms with van der Waals surface area (Å²) in [6.07, 6.45) is -0.719. The van der Waals surface area contributed by atoms with Crippen molar-refractivity contribution in [2.45, 2.75) is 19.4 Å². The van der Waals surface area contributed by atoms with Crippen molar-refractivity contribution in [1.29, 1.82) is 0 Å². The number of piperazine rings is 1. The van der Waals surface area contributed by atoms with Crippen LogP contribution in [0.1, 0.15) is 44.3 Å². The first-order valence-electron chi connectivity index (χ1n) is 14.0. The fraction of sp³-hybridized carbons (Fsp3) is 0.312. The molecule has 3 amide bonds. The highest BCUT2D eigenvalue weighted by Gasteiger charge is 2.25. The van der Waals surface area contributed by atoms with Crippen molar-refractivity contribution in [3.63, 3.8) is 0 Å². The molecule has 12 nitrogen and oxygen atoms in total. The highest BCUT2D eigenvalue weighted by atomic mass is 16.5. The van der Waals surface area contributed by atoms with E-state index in [1.165, 1.54) is 21.3 Å². The van der Waals surface area contributed by atoms with Gasteiger partial charge in [-0.05, 0) is 48.9 Å². The predicted octanol–water partition coefficient (Wildman–Crippen LogP) is 4.10. The first kappa shape index (κ1) is 31.7. The molecule has 1 heterocycles. The van der Waals surface area contributed by atoms with Gasteiger partial charge in [0.2, 0.25) is 0 Å². The van der Waals surface area contributed by atoms with E-state index in [9.17, 15) is 24.3 Å². The SMILES string of the molecule is COC(=O)N1CCN(c2ccc(C(=O)NC(CC(=O)O)c3ccc(C)cc3)cc2NC(=O)c2ccc(OC)c(OC)c2)CC1. The molecule has 3 aromatic rings. The maximum atomic E-state index is 13.5. The molecule has 3 aromatic carbocycles. The van der Waals surface area contributed by atoms with E-state index in [2.05, 4.69) is 10.6 Å². The Kier molecular flexibility index (Phi) is 10.3. The number of anilines is 2. The van der Waals surface area contributed by atoms with Gasteiger partial charge in [-0.3, -0.25) is 14.4 Å². The van der Waals surface area contributed by atoms with E-state index < -0.39 is 29.9 Å². The number of carboxylic acids is 1. The number of hydrogen-bond donors (Lipinski definition) is 3. The second kappa shape index (κ2) is 14.3. The van der Waals surface area contributed by atoms with E-state index in [0.717, 1.165) is 5.56 Å². The van der Waals surface area contributed by atoms with Crippen molar-refractivity contribution in [1.82, 2.24) is 10.2 Å². The molecule has 0 spiro atoms. The van der Waals surface area contributed by atoms with Crippen LogP contribution in [0.25, 0.3) is 0 Å². The highest BCUT2D eigenvalue weighted by Crippen LogP contribution is 2.31. The first-order chi connectivity index (χ1) is 21.1. The molecule has 3 N–H and O–H groups in total. The number of carbonyl (C=O) groups is 4. The lowest BCUT2D eigenvalue weighted by atomic mass is 10.0. The minimum absolute atomic E-state index is 0.229. The minimum Gasteiger partial charge on any atom is -0.493 e. The lowest BCUT2D eigenvalue weighted by molar-refractivity contribution is -0.137. The van der Waals surface area contributed by atoms with Gasteiger partial charge in [0, 0.05) is 37.3 Å². The normalized spacial score (nSPS) is 13.5. The summed E-state index contributed by atoms with van der Waals surface area (Å²) in [5.41, 5.74) is 3.22. The summed E-state index contributed by atoms with van der Waals surface area (Å²) in [5.74, 6) is -1.15. The van der Waals surface area contributed by atoms with E-state index >= 15 is 0 Å². The van der Waals surface area contributed by atoms with Crippen LogP contribution in [-0.4, -0.2) is 81.4 Å². The van der Waals surface area contributed by atoms with Crippen molar-refractivity contribution in [2.24, 2.45) is 0 Å². The van der Waals surface area contributed by atoms with Gasteiger partial charge in [-0.15, -0.1) is 0 Å². The van der Waals surface area contributed by atoms with E-state index in [1.807, 2.05) is 24.0 Å². The molecule has 0 bridgehead atoms. The first-order valence-corrected chi connectivity index (χ1v) is 14.0. The van der Waals surface area contributed by atoms with Crippen LogP contribution in [0.5, 0.6) is 11.5 Å². The standard InChI is InChI=1S/C32H36N4O8/c1-20-5-7-21(8-6-20)24(19-29(37)38)33-30(39)22-9-11-26(35-13-15-36(16-14-35)32(41)44-4)25(17-22)34-31(40)23-10-12-27(42-2)28(18-23)43-3/h5-12,17-18,24H,13-16,19H2,1-4H3,(H,33,39)(H,34,40)(H,37,38). The number of rotatable bonds is 10. The van der Waals surface area contributed by atoms with Gasteiger partial charge < -0.3 is 39.8 Å². The van der Waals surface area contributed by atoms with E-state index in [4.69, 9.17) is 14.2 Å². The fourth-order valence-corrected chi connectivity index (χ4v) is 4.95. The van der Waals surface area contributed by atoms with Crippen LogP contribution in [0.4, 0.5) is 16.2 Å². The molecule has 1 fully saturated rings. The Hall–Kier alpha value is -5.26. The number of methoxy groups -OCH3 is 3. The maximum absolute atomic E-state index is 13.5. The number of nitrogens with zero attached hydrogens (tertiary/aromatic N) is 2. The Morgan fingerprint density at radius 2 is 1.45 bits per heavy atom. The zero-order valence-electron chi connectivity index (χ0n) is 25.1. The molecule has 12 heteroatoms. The molecule has 0 aliphatic carbocycles. The number of aryl methyl sites for hydroxylation is 1. The summed E-state index contributed by atoms with van der Waals surface area (Å²) in [6, 6.07) is 16.2. The largest absolute Gasteiger partial charge is 0.493 e. The van der Waals surface area contributed by atoms with Crippen LogP contribution in [0.3, 0.4) is 0 Å². The third kappa shape index (κ3) is 7.57. The summed E-state index contributed by atoms with van der Waals surface area (Å²) < 4.78 is 15.5. The molecular weight excluding hydrogens is 568 g/mol. The van der Waals surface area contributed by atoms with E-state index in [1.54, 1.807) is 53.4 Å². The summed E-state index contributed by atoms with van der Waals surface area (Å²) in [4.78, 5) is 54.1. The summed E-state index contributed by atoms with van der Waals surface area (Å²) in [5, 5.41) is 15.3. The van der Waals surface area contributed by atoms with Gasteiger partial charge >= 0.3 is 12.1 Å². The number of hydrogen-bond acceptors (Lipinski definition) is 8. The monoisotopic (exact) mass is 604 g/mol. The zero-order chi connectivity index (χ0) is 31.8. The summed E-state index contributed by atoms with van der Waals surface area (Å²) in [7, 11) is 4.31. The quantitative estimate of drug-likeness (QED) is 0.311. The average molecular weight is 605 g/mol. The molecule has 1 aliphatic heterocycles. The Bertz CT molecular complexity index is 1520. The number of aliphatic carboxylic acids is 1. The van der Waals surface area contributed by atoms with Crippen LogP contribution < -0.4 is 25.0 Å². The number of benzene rings is 3. The summed E-state index contributed by atoms with van der Waals surface area (Å²) >= 11 is 0. The average Bonchev–Trinajstić information content (AvgIpc) is 3.03. The van der Waals surface area contributed by atoms with Crippen molar-refractivity contribution >= 4 is 35.3 Å². The molecule has 0 aromatic heterocycles. The van der Waals surface area contributed by atoms with Crippen LogP contribution in [-0.2, 0) is 9.53 Å². The summed E-state index contributed by atoms with van der Waals surface area (Å²) in [6.45, 7) is 3.67. The van der Waals surface area contributed by atoms with Crippen molar-refractivity contribution in [3.8, 4) is 11.5 Å². The number of ether oxygens (including phenoxy) is 3. The lowest BCUT2D eigenvalue weighted by Crippen LogP contribution is -2.49. The van der Waals surface area contributed by atoms with Crippen LogP contribution in [0.15, 0.2) is 60.7 Å². The molecule has 232 valence electrons. The number of carboxylic acid groups (broad SMARTS) is 1. The highest BCUT2D eigenvalue weighted by molar-refractivity contribution is 6.07. The Morgan fingerprint density at radius 3 is 2.07 bits per heavy atom. The van der Waals surface area contributed by atoms with Gasteiger partial charge in [0.1, 0.15) is 0 Å².